The standard InChI is InChI=1S/C12H12O4/c1-2-15-7-9-8-5-3-4-6-10(8)16-11(9)12(13)14/h3-6H,2,7H2,1H3,(H,13,14). The van der Waals surface area contributed by atoms with E-state index in [1.54, 1.807) is 6.07 Å². The van der Waals surface area contributed by atoms with Crippen LogP contribution in [-0.4, -0.2) is 17.7 Å². The molecule has 1 aromatic carbocycles. The van der Waals surface area contributed by atoms with Crippen LogP contribution in [0.3, 0.4) is 0 Å². The Hall–Kier alpha value is -1.81. The molecule has 4 nitrogen and oxygen atoms in total. The number of aromatic carboxylic acids is 1. The average Bonchev–Trinajstić information content (AvgIpc) is 2.65. The van der Waals surface area contributed by atoms with Gasteiger partial charge in [0.05, 0.1) is 6.61 Å². The average molecular weight is 220 g/mol. The summed E-state index contributed by atoms with van der Waals surface area (Å²) in [5.74, 6) is -1.10. The van der Waals surface area contributed by atoms with Gasteiger partial charge in [0.15, 0.2) is 0 Å². The van der Waals surface area contributed by atoms with Crippen molar-refractivity contribution in [2.24, 2.45) is 0 Å². The van der Waals surface area contributed by atoms with E-state index in [1.165, 1.54) is 0 Å². The molecule has 84 valence electrons. The molecule has 0 bridgehead atoms. The lowest BCUT2D eigenvalue weighted by molar-refractivity contribution is 0.0654. The number of benzene rings is 1. The van der Waals surface area contributed by atoms with Crippen LogP contribution in [-0.2, 0) is 11.3 Å². The molecule has 0 aliphatic rings. The molecule has 0 fully saturated rings. The molecule has 4 heteroatoms. The van der Waals surface area contributed by atoms with Crippen LogP contribution in [0, 0.1) is 0 Å². The number of hydrogen-bond donors (Lipinski definition) is 1. The number of rotatable bonds is 4. The molecular weight excluding hydrogens is 208 g/mol. The van der Waals surface area contributed by atoms with Gasteiger partial charge in [0.2, 0.25) is 5.76 Å². The first kappa shape index (κ1) is 10.7. The number of carboxylic acid groups (broad SMARTS) is 1. The second kappa shape index (κ2) is 4.37. The molecule has 0 amide bonds. The molecule has 0 unspecified atom stereocenters. The van der Waals surface area contributed by atoms with Gasteiger partial charge in [-0.05, 0) is 13.0 Å². The minimum Gasteiger partial charge on any atom is -0.475 e. The zero-order valence-corrected chi connectivity index (χ0v) is 8.90. The lowest BCUT2D eigenvalue weighted by Gasteiger charge is -1.99. The zero-order chi connectivity index (χ0) is 11.5. The van der Waals surface area contributed by atoms with Crippen molar-refractivity contribution in [1.29, 1.82) is 0 Å². The number of carboxylic acids is 1. The fourth-order valence-electron chi connectivity index (χ4n) is 1.62. The Bertz CT molecular complexity index is 513. The van der Waals surface area contributed by atoms with Gasteiger partial charge in [-0.1, -0.05) is 18.2 Å². The van der Waals surface area contributed by atoms with E-state index in [1.807, 2.05) is 25.1 Å². The summed E-state index contributed by atoms with van der Waals surface area (Å²) in [6.07, 6.45) is 0. The Morgan fingerprint density at radius 2 is 2.19 bits per heavy atom. The highest BCUT2D eigenvalue weighted by atomic mass is 16.5. The predicted molar refractivity (Wildman–Crippen MR) is 58.5 cm³/mol. The van der Waals surface area contributed by atoms with Gasteiger partial charge < -0.3 is 14.3 Å². The van der Waals surface area contributed by atoms with Crippen LogP contribution < -0.4 is 0 Å². The highest BCUT2D eigenvalue weighted by Crippen LogP contribution is 2.26. The summed E-state index contributed by atoms with van der Waals surface area (Å²) in [7, 11) is 0. The molecule has 0 radical (unpaired) electrons. The monoisotopic (exact) mass is 220 g/mol. The van der Waals surface area contributed by atoms with Crippen molar-refractivity contribution in [3.05, 3.63) is 35.6 Å². The summed E-state index contributed by atoms with van der Waals surface area (Å²) < 4.78 is 10.5. The van der Waals surface area contributed by atoms with Crippen LogP contribution in [0.1, 0.15) is 23.0 Å². The maximum absolute atomic E-state index is 11.0. The minimum absolute atomic E-state index is 0.0327. The predicted octanol–water partition coefficient (Wildman–Crippen LogP) is 2.67. The topological polar surface area (TPSA) is 59.7 Å². The maximum Gasteiger partial charge on any atom is 0.372 e. The number of ether oxygens (including phenoxy) is 1. The van der Waals surface area contributed by atoms with E-state index in [4.69, 9.17) is 14.3 Å². The number of hydrogen-bond acceptors (Lipinski definition) is 3. The quantitative estimate of drug-likeness (QED) is 0.860. The Labute approximate surface area is 92.4 Å². The van der Waals surface area contributed by atoms with Gasteiger partial charge in [0, 0.05) is 17.6 Å². The maximum atomic E-state index is 11.0. The Kier molecular flexibility index (Phi) is 2.92. The highest BCUT2D eigenvalue weighted by molar-refractivity contribution is 5.94. The third-order valence-corrected chi connectivity index (χ3v) is 2.34. The van der Waals surface area contributed by atoms with E-state index in [0.29, 0.717) is 17.8 Å². The second-order valence-corrected chi connectivity index (χ2v) is 3.35. The lowest BCUT2D eigenvalue weighted by atomic mass is 10.1. The van der Waals surface area contributed by atoms with Gasteiger partial charge in [0.25, 0.3) is 0 Å². The van der Waals surface area contributed by atoms with Crippen molar-refractivity contribution in [2.45, 2.75) is 13.5 Å². The van der Waals surface area contributed by atoms with Crippen molar-refractivity contribution in [3.8, 4) is 0 Å². The van der Waals surface area contributed by atoms with Gasteiger partial charge in [-0.3, -0.25) is 0 Å². The molecule has 0 atom stereocenters. The van der Waals surface area contributed by atoms with Crippen LogP contribution >= 0.6 is 0 Å². The molecule has 16 heavy (non-hydrogen) atoms. The van der Waals surface area contributed by atoms with Crippen molar-refractivity contribution in [2.75, 3.05) is 6.61 Å². The van der Waals surface area contributed by atoms with Gasteiger partial charge >= 0.3 is 5.97 Å². The van der Waals surface area contributed by atoms with Crippen molar-refractivity contribution < 1.29 is 19.1 Å². The largest absolute Gasteiger partial charge is 0.475 e. The summed E-state index contributed by atoms with van der Waals surface area (Å²) in [5, 5.41) is 9.82. The molecule has 0 aliphatic heterocycles. The Balaban J connectivity index is 2.55. The Morgan fingerprint density at radius 3 is 2.88 bits per heavy atom. The first-order valence-corrected chi connectivity index (χ1v) is 5.05. The zero-order valence-electron chi connectivity index (χ0n) is 8.90. The second-order valence-electron chi connectivity index (χ2n) is 3.35. The molecule has 1 N–H and O–H groups in total. The fourth-order valence-corrected chi connectivity index (χ4v) is 1.62. The lowest BCUT2D eigenvalue weighted by Crippen LogP contribution is -2.01. The van der Waals surface area contributed by atoms with Gasteiger partial charge in [-0.15, -0.1) is 0 Å². The molecule has 0 spiro atoms. The highest BCUT2D eigenvalue weighted by Gasteiger charge is 2.19. The molecular formula is C12H12O4. The van der Waals surface area contributed by atoms with Crippen LogP contribution in [0.5, 0.6) is 0 Å². The summed E-state index contributed by atoms with van der Waals surface area (Å²) in [5.41, 5.74) is 1.18. The summed E-state index contributed by atoms with van der Waals surface area (Å²) in [4.78, 5) is 11.0. The summed E-state index contributed by atoms with van der Waals surface area (Å²) in [6.45, 7) is 2.66. The molecule has 1 heterocycles. The first-order chi connectivity index (χ1) is 7.74. The van der Waals surface area contributed by atoms with Crippen LogP contribution in [0.25, 0.3) is 11.0 Å². The normalized spacial score (nSPS) is 10.8. The van der Waals surface area contributed by atoms with Crippen LogP contribution in [0.15, 0.2) is 28.7 Å². The van der Waals surface area contributed by atoms with Crippen molar-refractivity contribution in [1.82, 2.24) is 0 Å². The number of carbonyl (C=O) groups is 1. The van der Waals surface area contributed by atoms with Gasteiger partial charge in [0.1, 0.15) is 5.58 Å². The van der Waals surface area contributed by atoms with E-state index in [-0.39, 0.29) is 12.4 Å². The smallest absolute Gasteiger partial charge is 0.372 e. The number of furan rings is 1. The van der Waals surface area contributed by atoms with Crippen molar-refractivity contribution >= 4 is 16.9 Å². The van der Waals surface area contributed by atoms with E-state index in [2.05, 4.69) is 0 Å². The van der Waals surface area contributed by atoms with E-state index < -0.39 is 5.97 Å². The Morgan fingerprint density at radius 1 is 1.44 bits per heavy atom. The van der Waals surface area contributed by atoms with Crippen LogP contribution in [0.4, 0.5) is 0 Å². The first-order valence-electron chi connectivity index (χ1n) is 5.05. The van der Waals surface area contributed by atoms with E-state index in [9.17, 15) is 4.79 Å². The molecule has 1 aromatic heterocycles. The number of fused-ring (bicyclic) bond motifs is 1. The SMILES string of the molecule is CCOCc1c(C(=O)O)oc2ccccc12. The molecule has 0 aliphatic carbocycles. The van der Waals surface area contributed by atoms with Crippen molar-refractivity contribution in [3.63, 3.8) is 0 Å². The van der Waals surface area contributed by atoms with Crippen LogP contribution in [0.2, 0.25) is 0 Å². The summed E-state index contributed by atoms with van der Waals surface area (Å²) >= 11 is 0. The fraction of sp³-hybridized carbons (Fsp3) is 0.250. The third kappa shape index (κ3) is 1.79. The summed E-state index contributed by atoms with van der Waals surface area (Å²) in [6, 6.07) is 7.23. The van der Waals surface area contributed by atoms with Gasteiger partial charge in [-0.25, -0.2) is 4.79 Å². The minimum atomic E-state index is -1.06. The van der Waals surface area contributed by atoms with E-state index >= 15 is 0 Å². The molecule has 2 aromatic rings. The molecule has 2 rings (SSSR count). The van der Waals surface area contributed by atoms with E-state index in [0.717, 1.165) is 5.39 Å². The molecule has 0 saturated heterocycles. The van der Waals surface area contributed by atoms with Gasteiger partial charge in [-0.2, -0.15) is 0 Å². The molecule has 0 saturated carbocycles. The third-order valence-electron chi connectivity index (χ3n) is 2.34. The number of para-hydroxylation sites is 1.